The molecule has 2 rings (SSSR count). The van der Waals surface area contributed by atoms with Crippen molar-refractivity contribution in [3.8, 4) is 5.88 Å². The van der Waals surface area contributed by atoms with Gasteiger partial charge in [-0.1, -0.05) is 18.2 Å². The monoisotopic (exact) mass is 387 g/mol. The molecule has 0 aliphatic heterocycles. The van der Waals surface area contributed by atoms with Crippen LogP contribution >= 0.6 is 22.6 Å². The van der Waals surface area contributed by atoms with Gasteiger partial charge in [-0.15, -0.1) is 0 Å². The van der Waals surface area contributed by atoms with E-state index in [1.807, 2.05) is 22.6 Å². The number of aromatic nitrogens is 1. The Labute approximate surface area is 129 Å². The van der Waals surface area contributed by atoms with Crippen LogP contribution in [-0.2, 0) is 11.3 Å². The number of carbonyl (C=O) groups excluding carboxylic acids is 1. The molecule has 0 aliphatic carbocycles. The number of rotatable bonds is 4. The van der Waals surface area contributed by atoms with Crippen LogP contribution in [0.3, 0.4) is 0 Å². The highest BCUT2D eigenvalue weighted by molar-refractivity contribution is 14.1. The van der Waals surface area contributed by atoms with Crippen LogP contribution in [0.2, 0.25) is 0 Å². The Bertz CT molecular complexity index is 634. The first-order valence-corrected chi connectivity index (χ1v) is 6.80. The molecule has 2 aromatic rings. The maximum atomic E-state index is 13.5. The summed E-state index contributed by atoms with van der Waals surface area (Å²) in [6.45, 7) is -0.0102. The maximum absolute atomic E-state index is 13.5. The first kappa shape index (κ1) is 14.7. The molecule has 0 unspecified atom stereocenters. The molecule has 1 aromatic carbocycles. The lowest BCUT2D eigenvalue weighted by Crippen LogP contribution is -2.10. The number of pyridine rings is 1. The van der Waals surface area contributed by atoms with Crippen LogP contribution in [0.25, 0.3) is 0 Å². The van der Waals surface area contributed by atoms with Crippen molar-refractivity contribution in [1.82, 2.24) is 4.98 Å². The van der Waals surface area contributed by atoms with Crippen molar-refractivity contribution in [3.05, 3.63) is 57.0 Å². The fourth-order valence-electron chi connectivity index (χ4n) is 1.58. The Morgan fingerprint density at radius 1 is 1.35 bits per heavy atom. The van der Waals surface area contributed by atoms with Crippen LogP contribution in [0, 0.1) is 9.39 Å². The molecular weight excluding hydrogens is 376 g/mol. The Morgan fingerprint density at radius 2 is 2.10 bits per heavy atom. The molecule has 0 spiro atoms. The molecule has 0 amide bonds. The third kappa shape index (κ3) is 3.24. The minimum atomic E-state index is -0.536. The van der Waals surface area contributed by atoms with E-state index in [-0.39, 0.29) is 23.9 Å². The molecule has 0 saturated carbocycles. The standard InChI is InChI=1S/C14H11FINO3/c1-19-14(18)12-11(16)6-7-17-13(12)20-8-9-4-2-3-5-10(9)15/h2-7H,8H2,1H3. The van der Waals surface area contributed by atoms with Gasteiger partial charge in [0.1, 0.15) is 18.0 Å². The summed E-state index contributed by atoms with van der Waals surface area (Å²) < 4.78 is 24.3. The van der Waals surface area contributed by atoms with E-state index in [1.165, 1.54) is 19.4 Å². The van der Waals surface area contributed by atoms with Crippen LogP contribution in [-0.4, -0.2) is 18.1 Å². The van der Waals surface area contributed by atoms with E-state index in [0.717, 1.165) is 0 Å². The molecule has 0 N–H and O–H groups in total. The van der Waals surface area contributed by atoms with Gasteiger partial charge in [-0.2, -0.15) is 0 Å². The van der Waals surface area contributed by atoms with E-state index >= 15 is 0 Å². The van der Waals surface area contributed by atoms with Gasteiger partial charge in [-0.3, -0.25) is 0 Å². The molecular formula is C14H11FINO3. The van der Waals surface area contributed by atoms with Gasteiger partial charge in [0.25, 0.3) is 0 Å². The van der Waals surface area contributed by atoms with Crippen molar-refractivity contribution >= 4 is 28.6 Å². The molecule has 0 saturated heterocycles. The highest BCUT2D eigenvalue weighted by Gasteiger charge is 2.18. The predicted octanol–water partition coefficient (Wildman–Crippen LogP) is 3.19. The molecule has 0 radical (unpaired) electrons. The van der Waals surface area contributed by atoms with E-state index in [9.17, 15) is 9.18 Å². The van der Waals surface area contributed by atoms with Crippen molar-refractivity contribution < 1.29 is 18.7 Å². The smallest absolute Gasteiger partial charge is 0.344 e. The zero-order valence-electron chi connectivity index (χ0n) is 10.6. The van der Waals surface area contributed by atoms with Gasteiger partial charge in [0.15, 0.2) is 0 Å². The van der Waals surface area contributed by atoms with Gasteiger partial charge in [0.05, 0.1) is 7.11 Å². The number of ether oxygens (including phenoxy) is 2. The topological polar surface area (TPSA) is 48.4 Å². The maximum Gasteiger partial charge on any atom is 0.344 e. The third-order valence-electron chi connectivity index (χ3n) is 2.58. The van der Waals surface area contributed by atoms with Gasteiger partial charge in [-0.25, -0.2) is 14.2 Å². The van der Waals surface area contributed by atoms with Crippen molar-refractivity contribution in [2.45, 2.75) is 6.61 Å². The van der Waals surface area contributed by atoms with Crippen molar-refractivity contribution in [1.29, 1.82) is 0 Å². The lowest BCUT2D eigenvalue weighted by molar-refractivity contribution is 0.0593. The minimum absolute atomic E-state index is 0.0102. The molecule has 20 heavy (non-hydrogen) atoms. The first-order valence-electron chi connectivity index (χ1n) is 5.72. The van der Waals surface area contributed by atoms with Crippen molar-refractivity contribution in [2.75, 3.05) is 7.11 Å². The van der Waals surface area contributed by atoms with Crippen LogP contribution in [0.4, 0.5) is 4.39 Å². The summed E-state index contributed by atoms with van der Waals surface area (Å²) in [6, 6.07) is 7.94. The fraction of sp³-hybridized carbons (Fsp3) is 0.143. The summed E-state index contributed by atoms with van der Waals surface area (Å²) in [5.74, 6) is -0.768. The molecule has 1 aromatic heterocycles. The molecule has 0 atom stereocenters. The molecule has 4 nitrogen and oxygen atoms in total. The number of nitrogens with zero attached hydrogens (tertiary/aromatic N) is 1. The second-order valence-electron chi connectivity index (χ2n) is 3.84. The quantitative estimate of drug-likeness (QED) is 0.598. The van der Waals surface area contributed by atoms with Gasteiger partial charge in [-0.05, 0) is 34.7 Å². The normalized spacial score (nSPS) is 10.2. The number of halogens is 2. The first-order chi connectivity index (χ1) is 9.63. The summed E-state index contributed by atoms with van der Waals surface area (Å²) in [5.41, 5.74) is 0.635. The minimum Gasteiger partial charge on any atom is -0.472 e. The van der Waals surface area contributed by atoms with E-state index in [2.05, 4.69) is 4.98 Å². The number of methoxy groups -OCH3 is 1. The molecule has 1 heterocycles. The summed E-state index contributed by atoms with van der Waals surface area (Å²) in [7, 11) is 1.28. The third-order valence-corrected chi connectivity index (χ3v) is 3.48. The Hall–Kier alpha value is -1.70. The predicted molar refractivity (Wildman–Crippen MR) is 79.0 cm³/mol. The lowest BCUT2D eigenvalue weighted by atomic mass is 10.2. The largest absolute Gasteiger partial charge is 0.472 e. The fourth-order valence-corrected chi connectivity index (χ4v) is 2.19. The van der Waals surface area contributed by atoms with Crippen LogP contribution in [0.1, 0.15) is 15.9 Å². The molecule has 0 fully saturated rings. The SMILES string of the molecule is COC(=O)c1c(I)ccnc1OCc1ccccc1F. The summed E-state index contributed by atoms with van der Waals surface area (Å²) >= 11 is 1.99. The number of hydrogen-bond acceptors (Lipinski definition) is 4. The Morgan fingerprint density at radius 3 is 2.80 bits per heavy atom. The van der Waals surface area contributed by atoms with Crippen molar-refractivity contribution in [2.24, 2.45) is 0 Å². The molecule has 6 heteroatoms. The number of hydrogen-bond donors (Lipinski definition) is 0. The summed E-state index contributed by atoms with van der Waals surface area (Å²) in [4.78, 5) is 15.7. The van der Waals surface area contributed by atoms with Gasteiger partial charge < -0.3 is 9.47 Å². The number of carbonyl (C=O) groups is 1. The van der Waals surface area contributed by atoms with E-state index in [0.29, 0.717) is 9.13 Å². The van der Waals surface area contributed by atoms with Crippen LogP contribution in [0.15, 0.2) is 36.5 Å². The van der Waals surface area contributed by atoms with E-state index in [4.69, 9.17) is 9.47 Å². The highest BCUT2D eigenvalue weighted by atomic mass is 127. The van der Waals surface area contributed by atoms with Gasteiger partial charge in [0, 0.05) is 15.3 Å². The molecule has 0 bridgehead atoms. The number of benzene rings is 1. The van der Waals surface area contributed by atoms with Gasteiger partial charge in [0.2, 0.25) is 5.88 Å². The van der Waals surface area contributed by atoms with Crippen LogP contribution in [0.5, 0.6) is 5.88 Å². The average molecular weight is 387 g/mol. The summed E-state index contributed by atoms with van der Waals surface area (Å²) in [5, 5.41) is 0. The van der Waals surface area contributed by atoms with Gasteiger partial charge >= 0.3 is 5.97 Å². The van der Waals surface area contributed by atoms with Crippen molar-refractivity contribution in [3.63, 3.8) is 0 Å². The average Bonchev–Trinajstić information content (AvgIpc) is 2.46. The Balaban J connectivity index is 2.24. The Kier molecular flexibility index (Phi) is 4.89. The van der Waals surface area contributed by atoms with E-state index in [1.54, 1.807) is 24.3 Å². The molecule has 104 valence electrons. The number of esters is 1. The molecule has 0 aliphatic rings. The second kappa shape index (κ2) is 6.65. The zero-order chi connectivity index (χ0) is 14.5. The summed E-state index contributed by atoms with van der Waals surface area (Å²) in [6.07, 6.45) is 1.52. The highest BCUT2D eigenvalue weighted by Crippen LogP contribution is 2.23. The second-order valence-corrected chi connectivity index (χ2v) is 5.01. The zero-order valence-corrected chi connectivity index (χ0v) is 12.8. The van der Waals surface area contributed by atoms with Crippen LogP contribution < -0.4 is 4.74 Å². The van der Waals surface area contributed by atoms with E-state index < -0.39 is 5.97 Å². The lowest BCUT2D eigenvalue weighted by Gasteiger charge is -2.10.